The van der Waals surface area contributed by atoms with Gasteiger partial charge in [-0.15, -0.1) is 0 Å². The van der Waals surface area contributed by atoms with Crippen LogP contribution in [0.2, 0.25) is 0 Å². The predicted octanol–water partition coefficient (Wildman–Crippen LogP) is 3.91. The zero-order chi connectivity index (χ0) is 17.5. The van der Waals surface area contributed by atoms with Crippen molar-refractivity contribution in [3.05, 3.63) is 0 Å². The van der Waals surface area contributed by atoms with Gasteiger partial charge in [-0.3, -0.25) is 4.79 Å². The fourth-order valence-corrected chi connectivity index (χ4v) is 3.85. The summed E-state index contributed by atoms with van der Waals surface area (Å²) in [6, 6.07) is 0. The minimum atomic E-state index is -0.665. The molecule has 2 atom stereocenters. The molecule has 23 heavy (non-hydrogen) atoms. The van der Waals surface area contributed by atoms with Gasteiger partial charge in [-0.05, 0) is 64.2 Å². The van der Waals surface area contributed by atoms with Gasteiger partial charge in [0, 0.05) is 13.1 Å². The van der Waals surface area contributed by atoms with Crippen molar-refractivity contribution in [3.8, 4) is 0 Å². The molecule has 2 fully saturated rings. The van der Waals surface area contributed by atoms with Gasteiger partial charge < -0.3 is 14.7 Å². The van der Waals surface area contributed by atoms with E-state index in [1.807, 2.05) is 34.6 Å². The lowest BCUT2D eigenvalue weighted by Crippen LogP contribution is -2.43. The van der Waals surface area contributed by atoms with Crippen molar-refractivity contribution >= 4 is 12.1 Å². The van der Waals surface area contributed by atoms with E-state index >= 15 is 0 Å². The molecule has 0 spiro atoms. The minimum absolute atomic E-state index is 0.0989. The Morgan fingerprint density at radius 2 is 1.91 bits per heavy atom. The number of rotatable bonds is 4. The number of aliphatic carboxylic acids is 1. The van der Waals surface area contributed by atoms with Gasteiger partial charge in [0.15, 0.2) is 0 Å². The first-order chi connectivity index (χ1) is 10.5. The molecular weight excluding hydrogens is 294 g/mol. The number of carboxylic acid groups (broad SMARTS) is 1. The van der Waals surface area contributed by atoms with Crippen LogP contribution in [0.25, 0.3) is 0 Å². The molecule has 1 saturated carbocycles. The molecule has 5 nitrogen and oxygen atoms in total. The van der Waals surface area contributed by atoms with Gasteiger partial charge in [-0.25, -0.2) is 4.79 Å². The van der Waals surface area contributed by atoms with Gasteiger partial charge in [-0.2, -0.15) is 0 Å². The van der Waals surface area contributed by atoms with Gasteiger partial charge in [-0.1, -0.05) is 13.8 Å². The first-order valence-corrected chi connectivity index (χ1v) is 8.68. The molecule has 0 bridgehead atoms. The van der Waals surface area contributed by atoms with Crippen LogP contribution in [0.4, 0.5) is 4.79 Å². The van der Waals surface area contributed by atoms with Crippen LogP contribution in [0.15, 0.2) is 0 Å². The van der Waals surface area contributed by atoms with Gasteiger partial charge in [0.25, 0.3) is 0 Å². The molecule has 5 heteroatoms. The lowest BCUT2D eigenvalue weighted by molar-refractivity contribution is -0.145. The third-order valence-corrected chi connectivity index (χ3v) is 5.47. The van der Waals surface area contributed by atoms with Crippen LogP contribution in [0.5, 0.6) is 0 Å². The minimum Gasteiger partial charge on any atom is -0.481 e. The molecule has 0 aromatic heterocycles. The van der Waals surface area contributed by atoms with Crippen molar-refractivity contribution in [2.75, 3.05) is 13.1 Å². The van der Waals surface area contributed by atoms with Crippen LogP contribution in [-0.4, -0.2) is 40.8 Å². The smallest absolute Gasteiger partial charge is 0.410 e. The van der Waals surface area contributed by atoms with Gasteiger partial charge in [0.05, 0.1) is 5.41 Å². The Morgan fingerprint density at radius 1 is 1.30 bits per heavy atom. The summed E-state index contributed by atoms with van der Waals surface area (Å²) >= 11 is 0. The maximum absolute atomic E-state index is 12.2. The summed E-state index contributed by atoms with van der Waals surface area (Å²) in [5, 5.41) is 9.55. The standard InChI is InChI=1S/C18H31NO4/c1-16(2,3)23-15(22)19-10-6-7-13(11-19)8-9-18(14(20)21)12-17(18,4)5/h13H,6-12H2,1-5H3,(H,20,21). The zero-order valence-electron chi connectivity index (χ0n) is 15.1. The lowest BCUT2D eigenvalue weighted by Gasteiger charge is -2.34. The largest absolute Gasteiger partial charge is 0.481 e. The van der Waals surface area contributed by atoms with Crippen molar-refractivity contribution < 1.29 is 19.4 Å². The number of carboxylic acids is 1. The number of hydrogen-bond acceptors (Lipinski definition) is 3. The molecule has 1 heterocycles. The molecule has 2 unspecified atom stereocenters. The van der Waals surface area contributed by atoms with E-state index in [1.54, 1.807) is 4.90 Å². The Labute approximate surface area is 139 Å². The number of hydrogen-bond donors (Lipinski definition) is 1. The Bertz CT molecular complexity index is 480. The fourth-order valence-electron chi connectivity index (χ4n) is 3.85. The molecule has 1 aliphatic heterocycles. The molecule has 2 aliphatic rings. The van der Waals surface area contributed by atoms with Crippen LogP contribution in [0, 0.1) is 16.7 Å². The van der Waals surface area contributed by atoms with E-state index < -0.39 is 17.0 Å². The first kappa shape index (κ1) is 18.1. The van der Waals surface area contributed by atoms with Crippen molar-refractivity contribution in [2.45, 2.75) is 72.3 Å². The highest BCUT2D eigenvalue weighted by Crippen LogP contribution is 2.66. The second-order valence-corrected chi connectivity index (χ2v) is 8.92. The summed E-state index contributed by atoms with van der Waals surface area (Å²) in [7, 11) is 0. The number of carbonyl (C=O) groups is 2. The zero-order valence-corrected chi connectivity index (χ0v) is 15.1. The highest BCUT2D eigenvalue weighted by Gasteiger charge is 2.66. The molecule has 1 aliphatic carbocycles. The third-order valence-electron chi connectivity index (χ3n) is 5.47. The molecular formula is C18H31NO4. The highest BCUT2D eigenvalue weighted by molar-refractivity contribution is 5.79. The van der Waals surface area contributed by atoms with Crippen LogP contribution in [-0.2, 0) is 9.53 Å². The average Bonchev–Trinajstić information content (AvgIpc) is 2.98. The monoisotopic (exact) mass is 325 g/mol. The maximum Gasteiger partial charge on any atom is 0.410 e. The maximum atomic E-state index is 12.2. The van der Waals surface area contributed by atoms with Crippen LogP contribution >= 0.6 is 0 Å². The molecule has 1 N–H and O–H groups in total. The summed E-state index contributed by atoms with van der Waals surface area (Å²) in [6.45, 7) is 11.1. The number of likely N-dealkylation sites (tertiary alicyclic amines) is 1. The predicted molar refractivity (Wildman–Crippen MR) is 88.2 cm³/mol. The SMILES string of the molecule is CC(C)(C)OC(=O)N1CCCC(CCC2(C(=O)O)CC2(C)C)C1. The second-order valence-electron chi connectivity index (χ2n) is 8.92. The Morgan fingerprint density at radius 3 is 2.39 bits per heavy atom. The number of nitrogens with zero attached hydrogens (tertiary/aromatic N) is 1. The number of amides is 1. The molecule has 1 saturated heterocycles. The van der Waals surface area contributed by atoms with Crippen molar-refractivity contribution in [1.82, 2.24) is 4.90 Å². The van der Waals surface area contributed by atoms with E-state index in [0.717, 1.165) is 32.2 Å². The van der Waals surface area contributed by atoms with Crippen LogP contribution in [0.3, 0.4) is 0 Å². The van der Waals surface area contributed by atoms with E-state index in [1.165, 1.54) is 0 Å². The average molecular weight is 325 g/mol. The number of carbonyl (C=O) groups excluding carboxylic acids is 1. The number of piperidine rings is 1. The van der Waals surface area contributed by atoms with Gasteiger partial charge >= 0.3 is 12.1 Å². The summed E-state index contributed by atoms with van der Waals surface area (Å²) in [5.41, 5.74) is -1.13. The van der Waals surface area contributed by atoms with Crippen molar-refractivity contribution in [3.63, 3.8) is 0 Å². The van der Waals surface area contributed by atoms with E-state index in [9.17, 15) is 14.7 Å². The van der Waals surface area contributed by atoms with Crippen molar-refractivity contribution in [1.29, 1.82) is 0 Å². The molecule has 1 amide bonds. The van der Waals surface area contributed by atoms with E-state index in [2.05, 4.69) is 0 Å². The van der Waals surface area contributed by atoms with Gasteiger partial charge in [0.2, 0.25) is 0 Å². The molecule has 0 aromatic carbocycles. The van der Waals surface area contributed by atoms with E-state index in [0.29, 0.717) is 18.9 Å². The summed E-state index contributed by atoms with van der Waals surface area (Å²) in [6.07, 6.45) is 4.12. The molecule has 0 radical (unpaired) electrons. The third kappa shape index (κ3) is 3.99. The summed E-state index contributed by atoms with van der Waals surface area (Å²) < 4.78 is 5.45. The fraction of sp³-hybridized carbons (Fsp3) is 0.889. The van der Waals surface area contributed by atoms with Gasteiger partial charge in [0.1, 0.15) is 5.60 Å². The normalized spacial score (nSPS) is 30.0. The van der Waals surface area contributed by atoms with E-state index in [-0.39, 0.29) is 11.5 Å². The summed E-state index contributed by atoms with van der Waals surface area (Å²) in [4.78, 5) is 25.6. The lowest BCUT2D eigenvalue weighted by atomic mass is 9.85. The summed E-state index contributed by atoms with van der Waals surface area (Å²) in [5.74, 6) is -0.286. The second kappa shape index (κ2) is 5.99. The molecule has 132 valence electrons. The van der Waals surface area contributed by atoms with Crippen LogP contribution < -0.4 is 0 Å². The Kier molecular flexibility index (Phi) is 4.71. The first-order valence-electron chi connectivity index (χ1n) is 8.68. The molecule has 2 rings (SSSR count). The number of ether oxygens (including phenoxy) is 1. The van der Waals surface area contributed by atoms with E-state index in [4.69, 9.17) is 4.74 Å². The Hall–Kier alpha value is -1.26. The highest BCUT2D eigenvalue weighted by atomic mass is 16.6. The van der Waals surface area contributed by atoms with Crippen molar-refractivity contribution in [2.24, 2.45) is 16.7 Å². The Balaban J connectivity index is 1.88. The quantitative estimate of drug-likeness (QED) is 0.851. The van der Waals surface area contributed by atoms with Crippen LogP contribution in [0.1, 0.15) is 66.7 Å². The topological polar surface area (TPSA) is 66.8 Å². The molecule has 0 aromatic rings.